The minimum absolute atomic E-state index is 0.0146. The molecule has 0 saturated carbocycles. The van der Waals surface area contributed by atoms with Gasteiger partial charge in [-0.3, -0.25) is 4.79 Å². The maximum Gasteiger partial charge on any atom is 0.234 e. The number of hydrogen-bond donors (Lipinski definition) is 2. The molecular weight excluding hydrogens is 346 g/mol. The Kier molecular flexibility index (Phi) is 4.99. The van der Waals surface area contributed by atoms with Crippen molar-refractivity contribution in [3.05, 3.63) is 66.4 Å². The Bertz CT molecular complexity index is 899. The molecule has 0 saturated heterocycles. The number of halogens is 2. The summed E-state index contributed by atoms with van der Waals surface area (Å²) in [5.41, 5.74) is 1.52. The normalized spacial score (nSPS) is 10.6. The first kappa shape index (κ1) is 17.0. The molecule has 8 heteroatoms. The third-order valence-electron chi connectivity index (χ3n) is 3.31. The number of nitrogens with zero attached hydrogens (tertiary/aromatic N) is 2. The fourth-order valence-electron chi connectivity index (χ4n) is 2.14. The number of hydrogen-bond acceptors (Lipinski definition) is 4. The van der Waals surface area contributed by atoms with Gasteiger partial charge in [-0.2, -0.15) is 0 Å². The van der Waals surface area contributed by atoms with Crippen LogP contribution in [0.3, 0.4) is 0 Å². The van der Waals surface area contributed by atoms with Crippen molar-refractivity contribution in [2.45, 2.75) is 5.16 Å². The van der Waals surface area contributed by atoms with Gasteiger partial charge in [-0.05, 0) is 12.1 Å². The molecule has 128 valence electrons. The highest BCUT2D eigenvalue weighted by molar-refractivity contribution is 7.99. The first-order valence-electron chi connectivity index (χ1n) is 7.30. The second kappa shape index (κ2) is 7.35. The molecule has 25 heavy (non-hydrogen) atoms. The Morgan fingerprint density at radius 1 is 1.20 bits per heavy atom. The summed E-state index contributed by atoms with van der Waals surface area (Å²) < 4.78 is 27.7. The van der Waals surface area contributed by atoms with Crippen LogP contribution >= 0.6 is 11.8 Å². The van der Waals surface area contributed by atoms with Gasteiger partial charge in [-0.25, -0.2) is 18.4 Å². The molecule has 3 N–H and O–H groups in total. The lowest BCUT2D eigenvalue weighted by Gasteiger charge is -2.06. The van der Waals surface area contributed by atoms with Crippen molar-refractivity contribution in [1.29, 1.82) is 0 Å². The van der Waals surface area contributed by atoms with Crippen LogP contribution in [-0.4, -0.2) is 21.3 Å². The van der Waals surface area contributed by atoms with Crippen molar-refractivity contribution >= 4 is 23.4 Å². The van der Waals surface area contributed by atoms with Crippen molar-refractivity contribution in [2.24, 2.45) is 0 Å². The third kappa shape index (κ3) is 4.16. The summed E-state index contributed by atoms with van der Waals surface area (Å²) in [6.45, 7) is 0. The Morgan fingerprint density at radius 3 is 2.68 bits per heavy atom. The van der Waals surface area contributed by atoms with Crippen molar-refractivity contribution in [3.63, 3.8) is 0 Å². The van der Waals surface area contributed by atoms with Crippen molar-refractivity contribution < 1.29 is 13.6 Å². The molecular formula is C17H14F2N4OS. The third-order valence-corrected chi connectivity index (χ3v) is 4.27. The van der Waals surface area contributed by atoms with Crippen LogP contribution in [0.4, 0.5) is 14.5 Å². The van der Waals surface area contributed by atoms with Gasteiger partial charge in [0.05, 0.1) is 23.3 Å². The maximum atomic E-state index is 13.5. The lowest BCUT2D eigenvalue weighted by molar-refractivity contribution is -0.113. The minimum Gasteiger partial charge on any atom is -0.337 e. The molecule has 3 rings (SSSR count). The first-order chi connectivity index (χ1) is 12.0. The largest absolute Gasteiger partial charge is 0.337 e. The molecule has 0 unspecified atom stereocenters. The van der Waals surface area contributed by atoms with E-state index in [1.807, 2.05) is 30.3 Å². The maximum absolute atomic E-state index is 13.5. The van der Waals surface area contributed by atoms with Crippen LogP contribution in [0.25, 0.3) is 11.3 Å². The highest BCUT2D eigenvalue weighted by Gasteiger charge is 2.12. The highest BCUT2D eigenvalue weighted by Crippen LogP contribution is 2.23. The van der Waals surface area contributed by atoms with Gasteiger partial charge >= 0.3 is 0 Å². The molecule has 0 atom stereocenters. The van der Waals surface area contributed by atoms with E-state index in [2.05, 4.69) is 10.3 Å². The SMILES string of the molecule is Nn1cc(-c2ccccc2)nc1SCC(=O)Nc1ccc(F)cc1F. The van der Waals surface area contributed by atoms with Crippen LogP contribution in [0.5, 0.6) is 0 Å². The molecule has 3 aromatic rings. The zero-order valence-electron chi connectivity index (χ0n) is 12.9. The van der Waals surface area contributed by atoms with Gasteiger partial charge in [-0.1, -0.05) is 42.1 Å². The standard InChI is InChI=1S/C17H14F2N4OS/c18-12-6-7-14(13(19)8-12)21-16(24)10-25-17-22-15(9-23(17)20)11-4-2-1-3-5-11/h1-9H,10,20H2,(H,21,24). The van der Waals surface area contributed by atoms with Gasteiger partial charge in [0.25, 0.3) is 0 Å². The number of nitrogen functional groups attached to an aromatic ring is 1. The van der Waals surface area contributed by atoms with Gasteiger partial charge < -0.3 is 11.2 Å². The molecule has 0 aliphatic heterocycles. The van der Waals surface area contributed by atoms with Gasteiger partial charge in [0, 0.05) is 11.6 Å². The monoisotopic (exact) mass is 360 g/mol. The quantitative estimate of drug-likeness (QED) is 0.541. The van der Waals surface area contributed by atoms with Crippen LogP contribution in [0.15, 0.2) is 59.9 Å². The number of carbonyl (C=O) groups is 1. The molecule has 0 aliphatic carbocycles. The summed E-state index contributed by atoms with van der Waals surface area (Å²) in [5.74, 6) is 3.87. The minimum atomic E-state index is -0.829. The predicted molar refractivity (Wildman–Crippen MR) is 93.5 cm³/mol. The molecule has 0 spiro atoms. The van der Waals surface area contributed by atoms with Crippen LogP contribution < -0.4 is 11.2 Å². The van der Waals surface area contributed by atoms with Gasteiger partial charge in [-0.15, -0.1) is 0 Å². The van der Waals surface area contributed by atoms with E-state index in [0.717, 1.165) is 23.4 Å². The number of rotatable bonds is 5. The summed E-state index contributed by atoms with van der Waals surface area (Å²) in [6, 6.07) is 12.4. The number of carbonyl (C=O) groups excluding carboxylic acids is 1. The second-order valence-corrected chi connectivity index (χ2v) is 6.09. The summed E-state index contributed by atoms with van der Waals surface area (Å²) in [5, 5.41) is 2.84. The zero-order chi connectivity index (χ0) is 17.8. The number of imidazole rings is 1. The van der Waals surface area contributed by atoms with Crippen molar-refractivity contribution in [1.82, 2.24) is 9.66 Å². The van der Waals surface area contributed by atoms with Crippen molar-refractivity contribution in [2.75, 3.05) is 16.9 Å². The number of thioether (sulfide) groups is 1. The Labute approximate surface area is 146 Å². The number of nitrogens with one attached hydrogen (secondary N) is 1. The first-order valence-corrected chi connectivity index (χ1v) is 8.29. The molecule has 0 aliphatic rings. The lowest BCUT2D eigenvalue weighted by atomic mass is 10.2. The van der Waals surface area contributed by atoms with E-state index >= 15 is 0 Å². The van der Waals surface area contributed by atoms with E-state index in [-0.39, 0.29) is 11.4 Å². The van der Waals surface area contributed by atoms with E-state index in [1.54, 1.807) is 6.20 Å². The topological polar surface area (TPSA) is 72.9 Å². The molecule has 1 amide bonds. The van der Waals surface area contributed by atoms with E-state index in [0.29, 0.717) is 16.9 Å². The zero-order valence-corrected chi connectivity index (χ0v) is 13.8. The van der Waals surface area contributed by atoms with Crippen LogP contribution in [-0.2, 0) is 4.79 Å². The fraction of sp³-hybridized carbons (Fsp3) is 0.0588. The van der Waals surface area contributed by atoms with E-state index in [1.165, 1.54) is 10.7 Å². The Balaban J connectivity index is 1.63. The van der Waals surface area contributed by atoms with Crippen LogP contribution in [0.1, 0.15) is 0 Å². The number of nitrogens with two attached hydrogens (primary N) is 1. The van der Waals surface area contributed by atoms with E-state index in [9.17, 15) is 13.6 Å². The van der Waals surface area contributed by atoms with Crippen LogP contribution in [0, 0.1) is 11.6 Å². The molecule has 0 fully saturated rings. The predicted octanol–water partition coefficient (Wildman–Crippen LogP) is 3.27. The van der Waals surface area contributed by atoms with Gasteiger partial charge in [0.1, 0.15) is 11.6 Å². The number of amides is 1. The molecule has 5 nitrogen and oxygen atoms in total. The molecule has 0 radical (unpaired) electrons. The molecule has 2 aromatic carbocycles. The van der Waals surface area contributed by atoms with E-state index in [4.69, 9.17) is 5.84 Å². The fourth-order valence-corrected chi connectivity index (χ4v) is 2.84. The number of benzene rings is 2. The Morgan fingerprint density at radius 2 is 1.96 bits per heavy atom. The average Bonchev–Trinajstić information content (AvgIpc) is 2.97. The van der Waals surface area contributed by atoms with Crippen LogP contribution in [0.2, 0.25) is 0 Å². The second-order valence-electron chi connectivity index (χ2n) is 5.14. The number of anilines is 1. The number of aromatic nitrogens is 2. The summed E-state index contributed by atoms with van der Waals surface area (Å²) in [6.07, 6.45) is 1.66. The van der Waals surface area contributed by atoms with E-state index < -0.39 is 17.5 Å². The van der Waals surface area contributed by atoms with Crippen molar-refractivity contribution in [3.8, 4) is 11.3 Å². The smallest absolute Gasteiger partial charge is 0.234 e. The molecule has 1 heterocycles. The summed E-state index contributed by atoms with van der Waals surface area (Å²) >= 11 is 1.12. The highest BCUT2D eigenvalue weighted by atomic mass is 32.2. The Hall–Kier alpha value is -2.87. The van der Waals surface area contributed by atoms with Gasteiger partial charge in [0.15, 0.2) is 5.16 Å². The lowest BCUT2D eigenvalue weighted by Crippen LogP contribution is -2.16. The average molecular weight is 360 g/mol. The molecule has 1 aromatic heterocycles. The summed E-state index contributed by atoms with van der Waals surface area (Å²) in [4.78, 5) is 16.3. The van der Waals surface area contributed by atoms with Gasteiger partial charge in [0.2, 0.25) is 5.91 Å². The molecule has 0 bridgehead atoms. The summed E-state index contributed by atoms with van der Waals surface area (Å²) in [7, 11) is 0.